The van der Waals surface area contributed by atoms with Crippen LogP contribution in [-0.4, -0.2) is 15.7 Å². The molecule has 1 saturated carbocycles. The Bertz CT molecular complexity index is 1340. The van der Waals surface area contributed by atoms with E-state index >= 15 is 0 Å². The molecule has 1 heterocycles. The number of carbonyl (C=O) groups excluding carboxylic acids is 1. The van der Waals surface area contributed by atoms with Gasteiger partial charge >= 0.3 is 0 Å². The first-order chi connectivity index (χ1) is 15.6. The van der Waals surface area contributed by atoms with Gasteiger partial charge in [-0.05, 0) is 48.6 Å². The van der Waals surface area contributed by atoms with Gasteiger partial charge in [-0.25, -0.2) is 9.07 Å². The fourth-order valence-corrected chi connectivity index (χ4v) is 4.33. The molecular weight excluding hydrogens is 405 g/mol. The molecule has 0 radical (unpaired) electrons. The van der Waals surface area contributed by atoms with Crippen molar-refractivity contribution in [2.45, 2.75) is 31.3 Å². The van der Waals surface area contributed by atoms with Crippen LogP contribution in [0.1, 0.15) is 40.9 Å². The van der Waals surface area contributed by atoms with Crippen molar-refractivity contribution in [3.05, 3.63) is 112 Å². The summed E-state index contributed by atoms with van der Waals surface area (Å²) >= 11 is 0. The molecule has 1 N–H and O–H groups in total. The van der Waals surface area contributed by atoms with E-state index in [4.69, 9.17) is 0 Å². The topological polar surface area (TPSA) is 64.0 Å². The van der Waals surface area contributed by atoms with Crippen LogP contribution in [0.5, 0.6) is 0 Å². The average molecular weight is 427 g/mol. The Morgan fingerprint density at radius 2 is 1.59 bits per heavy atom. The lowest BCUT2D eigenvalue weighted by Gasteiger charge is -2.43. The van der Waals surface area contributed by atoms with Crippen molar-refractivity contribution in [1.29, 1.82) is 0 Å². The highest BCUT2D eigenvalue weighted by Crippen LogP contribution is 2.41. The molecule has 1 aliphatic rings. The van der Waals surface area contributed by atoms with E-state index in [1.54, 1.807) is 36.4 Å². The van der Waals surface area contributed by atoms with Crippen LogP contribution in [0.4, 0.5) is 4.39 Å². The maximum atomic E-state index is 13.5. The first-order valence-corrected chi connectivity index (χ1v) is 10.7. The number of hydrogen-bond donors (Lipinski definition) is 1. The maximum Gasteiger partial charge on any atom is 0.274 e. The second-order valence-electron chi connectivity index (χ2n) is 8.24. The Morgan fingerprint density at radius 1 is 0.938 bits per heavy atom. The summed E-state index contributed by atoms with van der Waals surface area (Å²) in [6, 6.07) is 22.8. The number of halogens is 1. The molecule has 160 valence electrons. The Balaban J connectivity index is 1.55. The third-order valence-electron chi connectivity index (χ3n) is 6.21. The summed E-state index contributed by atoms with van der Waals surface area (Å²) in [4.78, 5) is 26.5. The number of hydrogen-bond acceptors (Lipinski definition) is 3. The summed E-state index contributed by atoms with van der Waals surface area (Å²) in [5.74, 6) is -0.651. The van der Waals surface area contributed by atoms with E-state index < -0.39 is 5.54 Å². The molecule has 1 amide bonds. The van der Waals surface area contributed by atoms with E-state index in [0.29, 0.717) is 10.8 Å². The second kappa shape index (κ2) is 8.04. The Labute approximate surface area is 184 Å². The van der Waals surface area contributed by atoms with Crippen LogP contribution < -0.4 is 10.9 Å². The molecule has 4 aromatic rings. The van der Waals surface area contributed by atoms with Gasteiger partial charge < -0.3 is 5.32 Å². The predicted molar refractivity (Wildman–Crippen MR) is 121 cm³/mol. The number of amides is 1. The normalized spacial score (nSPS) is 14.7. The zero-order valence-corrected chi connectivity index (χ0v) is 17.4. The largest absolute Gasteiger partial charge is 0.341 e. The van der Waals surface area contributed by atoms with Crippen molar-refractivity contribution in [3.8, 4) is 0 Å². The molecule has 0 aliphatic heterocycles. The van der Waals surface area contributed by atoms with E-state index in [1.807, 2.05) is 30.3 Å². The van der Waals surface area contributed by atoms with Crippen LogP contribution in [0.25, 0.3) is 10.8 Å². The molecule has 5 nitrogen and oxygen atoms in total. The van der Waals surface area contributed by atoms with E-state index in [2.05, 4.69) is 10.4 Å². The summed E-state index contributed by atoms with van der Waals surface area (Å²) in [5.41, 5.74) is 1.22. The van der Waals surface area contributed by atoms with Crippen LogP contribution in [0.3, 0.4) is 0 Å². The smallest absolute Gasteiger partial charge is 0.274 e. The molecule has 3 aromatic carbocycles. The molecule has 1 fully saturated rings. The lowest BCUT2D eigenvalue weighted by Crippen LogP contribution is -2.51. The van der Waals surface area contributed by atoms with E-state index in [9.17, 15) is 14.0 Å². The number of benzene rings is 3. The summed E-state index contributed by atoms with van der Waals surface area (Å²) in [6.45, 7) is 0.272. The van der Waals surface area contributed by atoms with Crippen molar-refractivity contribution < 1.29 is 9.18 Å². The minimum Gasteiger partial charge on any atom is -0.341 e. The summed E-state index contributed by atoms with van der Waals surface area (Å²) in [7, 11) is 0. The van der Waals surface area contributed by atoms with E-state index in [0.717, 1.165) is 30.4 Å². The van der Waals surface area contributed by atoms with Gasteiger partial charge in [0.15, 0.2) is 5.69 Å². The first kappa shape index (κ1) is 20.1. The summed E-state index contributed by atoms with van der Waals surface area (Å²) in [6.07, 6.45) is 2.51. The summed E-state index contributed by atoms with van der Waals surface area (Å²) < 4.78 is 14.8. The molecule has 0 unspecified atom stereocenters. The molecule has 6 heteroatoms. The first-order valence-electron chi connectivity index (χ1n) is 10.7. The van der Waals surface area contributed by atoms with Gasteiger partial charge in [0.2, 0.25) is 0 Å². The van der Waals surface area contributed by atoms with Gasteiger partial charge in [0.25, 0.3) is 11.5 Å². The van der Waals surface area contributed by atoms with Crippen LogP contribution in [0.15, 0.2) is 83.7 Å². The molecule has 5 rings (SSSR count). The third-order valence-corrected chi connectivity index (χ3v) is 6.21. The number of nitrogens with zero attached hydrogens (tertiary/aromatic N) is 2. The fourth-order valence-electron chi connectivity index (χ4n) is 4.33. The minimum absolute atomic E-state index is 0.213. The van der Waals surface area contributed by atoms with Crippen LogP contribution in [-0.2, 0) is 12.1 Å². The number of nitrogens with one attached hydrogen (secondary N) is 1. The van der Waals surface area contributed by atoms with E-state index in [1.165, 1.54) is 16.8 Å². The number of carbonyl (C=O) groups is 1. The number of aromatic nitrogens is 2. The van der Waals surface area contributed by atoms with Crippen LogP contribution in [0.2, 0.25) is 0 Å². The molecular formula is C26H22FN3O2. The van der Waals surface area contributed by atoms with Gasteiger partial charge in [-0.2, -0.15) is 5.10 Å². The molecule has 1 aliphatic carbocycles. The highest BCUT2D eigenvalue weighted by molar-refractivity contribution is 6.05. The predicted octanol–water partition coefficient (Wildman–Crippen LogP) is 4.39. The van der Waals surface area contributed by atoms with Gasteiger partial charge in [-0.3, -0.25) is 9.59 Å². The van der Waals surface area contributed by atoms with Crippen molar-refractivity contribution in [1.82, 2.24) is 15.1 Å². The Hall–Kier alpha value is -3.80. The molecule has 0 atom stereocenters. The molecule has 0 saturated heterocycles. The Morgan fingerprint density at radius 3 is 2.25 bits per heavy atom. The zero-order valence-electron chi connectivity index (χ0n) is 17.4. The van der Waals surface area contributed by atoms with Gasteiger partial charge in [0, 0.05) is 5.39 Å². The molecule has 0 bridgehead atoms. The highest BCUT2D eigenvalue weighted by atomic mass is 19.1. The third kappa shape index (κ3) is 3.58. The lowest BCUT2D eigenvalue weighted by atomic mass is 9.71. The van der Waals surface area contributed by atoms with Crippen molar-refractivity contribution >= 4 is 16.7 Å². The minimum atomic E-state index is -0.548. The standard InChI is InChI=1S/C26H22FN3O2/c27-20-13-11-19(12-14-20)26(15-6-16-26)28-24(31)23-21-9-4-5-10-22(21)25(32)30(29-23)17-18-7-2-1-3-8-18/h1-5,7-14H,6,15-17H2,(H,28,31). The monoisotopic (exact) mass is 427 g/mol. The lowest BCUT2D eigenvalue weighted by molar-refractivity contribution is 0.0817. The van der Waals surface area contributed by atoms with Gasteiger partial charge in [0.1, 0.15) is 5.82 Å². The Kier molecular flexibility index (Phi) is 5.05. The highest BCUT2D eigenvalue weighted by Gasteiger charge is 2.40. The molecule has 1 aromatic heterocycles. The van der Waals surface area contributed by atoms with Crippen molar-refractivity contribution in [3.63, 3.8) is 0 Å². The SMILES string of the molecule is O=C(NC1(c2ccc(F)cc2)CCC1)c1nn(Cc2ccccc2)c(=O)c2ccccc12. The van der Waals surface area contributed by atoms with Gasteiger partial charge in [-0.1, -0.05) is 60.7 Å². The van der Waals surface area contributed by atoms with E-state index in [-0.39, 0.29) is 29.5 Å². The second-order valence-corrected chi connectivity index (χ2v) is 8.24. The van der Waals surface area contributed by atoms with Crippen LogP contribution >= 0.6 is 0 Å². The summed E-state index contributed by atoms with van der Waals surface area (Å²) in [5, 5.41) is 8.60. The van der Waals surface area contributed by atoms with Crippen LogP contribution in [0, 0.1) is 5.82 Å². The molecule has 0 spiro atoms. The van der Waals surface area contributed by atoms with Gasteiger partial charge in [0.05, 0.1) is 17.5 Å². The zero-order chi connectivity index (χ0) is 22.1. The fraction of sp³-hybridized carbons (Fsp3) is 0.192. The van der Waals surface area contributed by atoms with Crippen molar-refractivity contribution in [2.24, 2.45) is 0 Å². The number of fused-ring (bicyclic) bond motifs is 1. The maximum absolute atomic E-state index is 13.5. The quantitative estimate of drug-likeness (QED) is 0.514. The van der Waals surface area contributed by atoms with Gasteiger partial charge in [-0.15, -0.1) is 0 Å². The molecule has 32 heavy (non-hydrogen) atoms. The van der Waals surface area contributed by atoms with Crippen molar-refractivity contribution in [2.75, 3.05) is 0 Å². The number of rotatable bonds is 5. The average Bonchev–Trinajstić information content (AvgIpc) is 2.79.